The maximum atomic E-state index is 12.7. The number of rotatable bonds is 3. The zero-order valence-electron chi connectivity index (χ0n) is 13.1. The lowest BCUT2D eigenvalue weighted by molar-refractivity contribution is -0.179. The Bertz CT molecular complexity index is 621. The van der Waals surface area contributed by atoms with Crippen LogP contribution in [-0.4, -0.2) is 19.3 Å². The van der Waals surface area contributed by atoms with Gasteiger partial charge in [0.2, 0.25) is 0 Å². The molecule has 3 rings (SSSR count). The summed E-state index contributed by atoms with van der Waals surface area (Å²) in [6.07, 6.45) is -3.71. The van der Waals surface area contributed by atoms with Crippen LogP contribution in [0.15, 0.2) is 54.6 Å². The highest BCUT2D eigenvalue weighted by molar-refractivity contribution is 5.85. The van der Waals surface area contributed by atoms with E-state index in [4.69, 9.17) is 0 Å². The molecular weight excluding hydrogens is 337 g/mol. The Morgan fingerprint density at radius 3 is 1.92 bits per heavy atom. The number of nitrogens with zero attached hydrogens (tertiary/aromatic N) is 1. The van der Waals surface area contributed by atoms with E-state index in [9.17, 15) is 13.2 Å². The number of hydrogen-bond acceptors (Lipinski definition) is 2. The Labute approximate surface area is 146 Å². The zero-order chi connectivity index (χ0) is 16.3. The summed E-state index contributed by atoms with van der Waals surface area (Å²) < 4.78 is 38.1. The summed E-state index contributed by atoms with van der Waals surface area (Å²) in [6, 6.07) is 17.7. The standard InChI is InChI=1S/C18H19F3N2.ClH/c19-18(20,21)14-10-12-23(13-11-14)17-8-6-16(7-9-17)22-15-4-2-1-3-5-15;/h1-9,14,22H,10-13H2;1H. The predicted octanol–water partition coefficient (Wildman–Crippen LogP) is 5.63. The van der Waals surface area contributed by atoms with Crippen molar-refractivity contribution in [2.24, 2.45) is 5.92 Å². The van der Waals surface area contributed by atoms with E-state index in [1.807, 2.05) is 59.5 Å². The van der Waals surface area contributed by atoms with Gasteiger partial charge in [-0.05, 0) is 49.2 Å². The minimum absolute atomic E-state index is 0. The van der Waals surface area contributed by atoms with Crippen molar-refractivity contribution in [2.45, 2.75) is 19.0 Å². The monoisotopic (exact) mass is 356 g/mol. The predicted molar refractivity (Wildman–Crippen MR) is 94.4 cm³/mol. The van der Waals surface area contributed by atoms with E-state index in [2.05, 4.69) is 5.32 Å². The van der Waals surface area contributed by atoms with Crippen LogP contribution in [-0.2, 0) is 0 Å². The van der Waals surface area contributed by atoms with E-state index in [0.717, 1.165) is 17.1 Å². The van der Waals surface area contributed by atoms with Crippen LogP contribution in [0.1, 0.15) is 12.8 Å². The molecule has 1 fully saturated rings. The third kappa shape index (κ3) is 4.57. The van der Waals surface area contributed by atoms with Gasteiger partial charge in [0.15, 0.2) is 0 Å². The van der Waals surface area contributed by atoms with Crippen LogP contribution in [0.5, 0.6) is 0 Å². The van der Waals surface area contributed by atoms with Crippen molar-refractivity contribution in [3.63, 3.8) is 0 Å². The molecule has 6 heteroatoms. The Kier molecular flexibility index (Phi) is 5.99. The van der Waals surface area contributed by atoms with Crippen molar-refractivity contribution >= 4 is 29.5 Å². The first-order valence-corrected chi connectivity index (χ1v) is 7.76. The lowest BCUT2D eigenvalue weighted by Gasteiger charge is -2.34. The fourth-order valence-electron chi connectivity index (χ4n) is 2.91. The summed E-state index contributed by atoms with van der Waals surface area (Å²) >= 11 is 0. The molecule has 0 radical (unpaired) electrons. The molecule has 0 bridgehead atoms. The summed E-state index contributed by atoms with van der Waals surface area (Å²) in [7, 11) is 0. The van der Waals surface area contributed by atoms with Crippen LogP contribution < -0.4 is 10.2 Å². The molecule has 130 valence electrons. The van der Waals surface area contributed by atoms with Crippen molar-refractivity contribution in [1.82, 2.24) is 0 Å². The molecule has 0 spiro atoms. The van der Waals surface area contributed by atoms with Gasteiger partial charge in [0, 0.05) is 30.2 Å². The molecule has 1 heterocycles. The van der Waals surface area contributed by atoms with Crippen molar-refractivity contribution < 1.29 is 13.2 Å². The molecule has 0 unspecified atom stereocenters. The topological polar surface area (TPSA) is 15.3 Å². The maximum Gasteiger partial charge on any atom is 0.391 e. The minimum atomic E-state index is -4.06. The highest BCUT2D eigenvalue weighted by atomic mass is 35.5. The molecule has 0 amide bonds. The Hall–Kier alpha value is -1.88. The van der Waals surface area contributed by atoms with Crippen molar-refractivity contribution in [1.29, 1.82) is 0 Å². The molecule has 1 saturated heterocycles. The van der Waals surface area contributed by atoms with Gasteiger partial charge in [-0.3, -0.25) is 0 Å². The summed E-state index contributed by atoms with van der Waals surface area (Å²) in [5.74, 6) is -1.15. The van der Waals surface area contributed by atoms with Gasteiger partial charge < -0.3 is 10.2 Å². The van der Waals surface area contributed by atoms with Crippen molar-refractivity contribution in [2.75, 3.05) is 23.3 Å². The van der Waals surface area contributed by atoms with E-state index in [0.29, 0.717) is 13.1 Å². The van der Waals surface area contributed by atoms with Gasteiger partial charge >= 0.3 is 6.18 Å². The van der Waals surface area contributed by atoms with E-state index >= 15 is 0 Å². The van der Waals surface area contributed by atoms with E-state index < -0.39 is 12.1 Å². The first kappa shape index (κ1) is 18.5. The van der Waals surface area contributed by atoms with Gasteiger partial charge in [-0.2, -0.15) is 13.2 Å². The number of benzene rings is 2. The number of hydrogen-bond donors (Lipinski definition) is 1. The van der Waals surface area contributed by atoms with E-state index in [1.54, 1.807) is 0 Å². The number of para-hydroxylation sites is 1. The van der Waals surface area contributed by atoms with Crippen molar-refractivity contribution in [3.05, 3.63) is 54.6 Å². The third-order valence-electron chi connectivity index (χ3n) is 4.25. The molecule has 0 aromatic heterocycles. The number of alkyl halides is 3. The largest absolute Gasteiger partial charge is 0.391 e. The molecule has 2 aromatic rings. The molecule has 0 aliphatic carbocycles. The van der Waals surface area contributed by atoms with Crippen molar-refractivity contribution in [3.8, 4) is 0 Å². The Morgan fingerprint density at radius 1 is 0.833 bits per heavy atom. The van der Waals surface area contributed by atoms with Crippen LogP contribution in [0, 0.1) is 5.92 Å². The van der Waals surface area contributed by atoms with Crippen LogP contribution in [0.3, 0.4) is 0 Å². The van der Waals surface area contributed by atoms with Gasteiger partial charge in [0.1, 0.15) is 0 Å². The highest BCUT2D eigenvalue weighted by Crippen LogP contribution is 2.35. The molecule has 0 saturated carbocycles. The molecule has 1 aliphatic rings. The first-order chi connectivity index (χ1) is 11.0. The van der Waals surface area contributed by atoms with Gasteiger partial charge in [-0.15, -0.1) is 12.4 Å². The van der Waals surface area contributed by atoms with Gasteiger partial charge in [0.05, 0.1) is 5.92 Å². The van der Waals surface area contributed by atoms with Gasteiger partial charge in [-0.1, -0.05) is 18.2 Å². The zero-order valence-corrected chi connectivity index (χ0v) is 13.9. The van der Waals surface area contributed by atoms with Crippen LogP contribution in [0.25, 0.3) is 0 Å². The molecular formula is C18H20ClF3N2. The smallest absolute Gasteiger partial charge is 0.372 e. The lowest BCUT2D eigenvalue weighted by Crippen LogP contribution is -2.38. The summed E-state index contributed by atoms with van der Waals surface area (Å²) in [6.45, 7) is 0.908. The maximum absolute atomic E-state index is 12.7. The average molecular weight is 357 g/mol. The van der Waals surface area contributed by atoms with E-state index in [-0.39, 0.29) is 25.2 Å². The van der Waals surface area contributed by atoms with Gasteiger partial charge in [-0.25, -0.2) is 0 Å². The third-order valence-corrected chi connectivity index (χ3v) is 4.25. The SMILES string of the molecule is Cl.FC(F)(F)C1CCN(c2ccc(Nc3ccccc3)cc2)CC1. The number of nitrogens with one attached hydrogen (secondary N) is 1. The lowest BCUT2D eigenvalue weighted by atomic mass is 9.96. The second kappa shape index (κ2) is 7.79. The summed E-state index contributed by atoms with van der Waals surface area (Å²) in [5.41, 5.74) is 2.95. The molecule has 2 aromatic carbocycles. The fraction of sp³-hybridized carbons (Fsp3) is 0.333. The molecule has 24 heavy (non-hydrogen) atoms. The second-order valence-electron chi connectivity index (χ2n) is 5.84. The second-order valence-corrected chi connectivity index (χ2v) is 5.84. The van der Waals surface area contributed by atoms with Gasteiger partial charge in [0.25, 0.3) is 0 Å². The van der Waals surface area contributed by atoms with Crippen LogP contribution in [0.4, 0.5) is 30.2 Å². The normalized spacial score (nSPS) is 15.7. The molecule has 1 aliphatic heterocycles. The van der Waals surface area contributed by atoms with Crippen LogP contribution in [0.2, 0.25) is 0 Å². The summed E-state index contributed by atoms with van der Waals surface area (Å²) in [5, 5.41) is 3.29. The average Bonchev–Trinajstić information content (AvgIpc) is 2.56. The van der Waals surface area contributed by atoms with Crippen LogP contribution >= 0.6 is 12.4 Å². The number of piperidine rings is 1. The van der Waals surface area contributed by atoms with E-state index in [1.165, 1.54) is 0 Å². The molecule has 1 N–H and O–H groups in total. The fourth-order valence-corrected chi connectivity index (χ4v) is 2.91. The Morgan fingerprint density at radius 2 is 1.38 bits per heavy atom. The number of anilines is 3. The quantitative estimate of drug-likeness (QED) is 0.766. The summed E-state index contributed by atoms with van der Waals surface area (Å²) in [4.78, 5) is 2.02. The minimum Gasteiger partial charge on any atom is -0.372 e. The Balaban J connectivity index is 0.00000208. The first-order valence-electron chi connectivity index (χ1n) is 7.76. The highest BCUT2D eigenvalue weighted by Gasteiger charge is 2.41. The molecule has 0 atom stereocenters. The molecule has 2 nitrogen and oxygen atoms in total. The number of halogens is 4.